The lowest BCUT2D eigenvalue weighted by atomic mass is 10.1. The predicted octanol–water partition coefficient (Wildman–Crippen LogP) is 3.82. The van der Waals surface area contributed by atoms with Crippen LogP contribution in [0, 0.1) is 11.6 Å². The van der Waals surface area contributed by atoms with E-state index in [0.29, 0.717) is 5.56 Å². The number of aromatic hydroxyl groups is 1. The van der Waals surface area contributed by atoms with Crippen LogP contribution in [-0.2, 0) is 7.05 Å². The first kappa shape index (κ1) is 14.2. The number of hydrogen-bond donors (Lipinski definition) is 1. The lowest BCUT2D eigenvalue weighted by Crippen LogP contribution is -2.32. The van der Waals surface area contributed by atoms with Gasteiger partial charge in [0, 0.05) is 23.6 Å². The Morgan fingerprint density at radius 1 is 0.955 bits per heavy atom. The first-order valence-electron chi connectivity index (χ1n) is 6.80. The molecule has 1 heterocycles. The number of halogens is 2. The topological polar surface area (TPSA) is 24.1 Å². The average Bonchev–Trinajstić information content (AvgIpc) is 2.52. The quantitative estimate of drug-likeness (QED) is 0.715. The zero-order valence-electron chi connectivity index (χ0n) is 11.9. The number of hydrogen-bond acceptors (Lipinski definition) is 1. The van der Waals surface area contributed by atoms with E-state index in [2.05, 4.69) is 0 Å². The highest BCUT2D eigenvalue weighted by atomic mass is 19.1. The smallest absolute Gasteiger partial charge is 0.212 e. The van der Waals surface area contributed by atoms with Crippen LogP contribution in [0.4, 0.5) is 8.78 Å². The van der Waals surface area contributed by atoms with Crippen molar-refractivity contribution in [3.05, 3.63) is 71.4 Å². The monoisotopic (exact) mass is 298 g/mol. The van der Waals surface area contributed by atoms with E-state index in [1.165, 1.54) is 0 Å². The number of pyridine rings is 1. The molecule has 0 amide bonds. The van der Waals surface area contributed by atoms with E-state index in [9.17, 15) is 8.78 Å². The molecule has 0 saturated carbocycles. The molecule has 0 aliphatic carbocycles. The maximum atomic E-state index is 13.3. The summed E-state index contributed by atoms with van der Waals surface area (Å²) < 4.78 is 28.6. The summed E-state index contributed by atoms with van der Waals surface area (Å²) in [6, 6.07) is 14.1. The van der Waals surface area contributed by atoms with Crippen molar-refractivity contribution in [1.82, 2.24) is 0 Å². The highest BCUT2D eigenvalue weighted by Crippen LogP contribution is 2.22. The lowest BCUT2D eigenvalue weighted by Gasteiger charge is -2.01. The number of para-hydroxylation sites is 1. The van der Waals surface area contributed by atoms with Gasteiger partial charge in [0.2, 0.25) is 11.2 Å². The molecule has 0 radical (unpaired) electrons. The normalized spacial score (nSPS) is 11.4. The van der Waals surface area contributed by atoms with E-state index < -0.39 is 17.4 Å². The number of fused-ring (bicyclic) bond motifs is 1. The van der Waals surface area contributed by atoms with Gasteiger partial charge in [-0.3, -0.25) is 0 Å². The van der Waals surface area contributed by atoms with Crippen molar-refractivity contribution in [1.29, 1.82) is 0 Å². The Morgan fingerprint density at radius 3 is 2.36 bits per heavy atom. The van der Waals surface area contributed by atoms with Crippen molar-refractivity contribution >= 4 is 23.1 Å². The molecule has 22 heavy (non-hydrogen) atoms. The van der Waals surface area contributed by atoms with Crippen LogP contribution in [-0.4, -0.2) is 5.11 Å². The van der Waals surface area contributed by atoms with Gasteiger partial charge >= 0.3 is 0 Å². The van der Waals surface area contributed by atoms with Crippen molar-refractivity contribution in [3.63, 3.8) is 0 Å². The first-order chi connectivity index (χ1) is 10.6. The molecule has 1 aromatic heterocycles. The molecule has 0 aliphatic rings. The molecule has 0 saturated heterocycles. The highest BCUT2D eigenvalue weighted by molar-refractivity contribution is 5.77. The van der Waals surface area contributed by atoms with E-state index in [4.69, 9.17) is 5.11 Å². The van der Waals surface area contributed by atoms with Gasteiger partial charge in [0.15, 0.2) is 17.4 Å². The van der Waals surface area contributed by atoms with Gasteiger partial charge in [-0.15, -0.1) is 0 Å². The van der Waals surface area contributed by atoms with Gasteiger partial charge in [-0.05, 0) is 35.9 Å². The second-order valence-corrected chi connectivity index (χ2v) is 5.04. The van der Waals surface area contributed by atoms with E-state index >= 15 is 0 Å². The minimum atomic E-state index is -0.970. The van der Waals surface area contributed by atoms with Crippen LogP contribution in [0.15, 0.2) is 48.5 Å². The Morgan fingerprint density at radius 2 is 1.64 bits per heavy atom. The molecular formula is C18H14F2NO+. The number of nitrogens with zero attached hydrogens (tertiary/aromatic N) is 1. The number of benzene rings is 2. The Labute approximate surface area is 126 Å². The maximum Gasteiger partial charge on any atom is 0.212 e. The van der Waals surface area contributed by atoms with Crippen LogP contribution >= 0.6 is 0 Å². The molecule has 4 heteroatoms. The second-order valence-electron chi connectivity index (χ2n) is 5.04. The summed E-state index contributed by atoms with van der Waals surface area (Å²) in [5, 5.41) is 10.2. The van der Waals surface area contributed by atoms with Gasteiger partial charge < -0.3 is 5.11 Å². The van der Waals surface area contributed by atoms with Crippen molar-refractivity contribution in [2.45, 2.75) is 0 Å². The molecule has 0 bridgehead atoms. The molecule has 1 N–H and O–H groups in total. The fourth-order valence-corrected chi connectivity index (χ4v) is 2.39. The summed E-state index contributed by atoms with van der Waals surface area (Å²) in [6.07, 6.45) is 3.38. The van der Waals surface area contributed by atoms with E-state index in [0.717, 1.165) is 28.7 Å². The molecule has 0 unspecified atom stereocenters. The third-order valence-corrected chi connectivity index (χ3v) is 3.60. The van der Waals surface area contributed by atoms with Crippen molar-refractivity contribution < 1.29 is 18.5 Å². The third kappa shape index (κ3) is 2.55. The Hall–Kier alpha value is -2.75. The number of aromatic nitrogens is 1. The summed E-state index contributed by atoms with van der Waals surface area (Å²) in [4.78, 5) is 0. The standard InChI is InChI=1S/C18H13F2NO/c1-21-14(9-7-13-4-2-3-5-17(13)21)8-6-12-10-15(19)18(22)16(20)11-12/h2-11H,1H3/p+1. The minimum absolute atomic E-state index is 0.348. The highest BCUT2D eigenvalue weighted by Gasteiger charge is 2.10. The fourth-order valence-electron chi connectivity index (χ4n) is 2.39. The number of phenols is 1. The number of aryl methyl sites for hydroxylation is 1. The van der Waals surface area contributed by atoms with Gasteiger partial charge in [0.1, 0.15) is 7.05 Å². The SMILES string of the molecule is C[n+]1c(/C=C/c2cc(F)c(O)c(F)c2)ccc2ccccc21. The van der Waals surface area contributed by atoms with Crippen LogP contribution in [0.25, 0.3) is 23.1 Å². The van der Waals surface area contributed by atoms with Gasteiger partial charge in [-0.2, -0.15) is 4.57 Å². The molecule has 110 valence electrons. The molecule has 2 nitrogen and oxygen atoms in total. The summed E-state index contributed by atoms with van der Waals surface area (Å²) in [7, 11) is 1.93. The second kappa shape index (κ2) is 5.56. The molecular weight excluding hydrogens is 284 g/mol. The largest absolute Gasteiger partial charge is 0.503 e. The number of rotatable bonds is 2. The van der Waals surface area contributed by atoms with E-state index in [1.54, 1.807) is 12.2 Å². The van der Waals surface area contributed by atoms with Crippen LogP contribution in [0.3, 0.4) is 0 Å². The van der Waals surface area contributed by atoms with Crippen molar-refractivity contribution in [3.8, 4) is 5.75 Å². The zero-order valence-corrected chi connectivity index (χ0v) is 11.9. The third-order valence-electron chi connectivity index (χ3n) is 3.60. The van der Waals surface area contributed by atoms with Crippen LogP contribution in [0.5, 0.6) is 5.75 Å². The summed E-state index contributed by atoms with van der Waals surface area (Å²) in [5.41, 5.74) is 2.31. The molecule has 3 aromatic rings. The minimum Gasteiger partial charge on any atom is -0.503 e. The van der Waals surface area contributed by atoms with Crippen LogP contribution in [0.2, 0.25) is 0 Å². The molecule has 0 atom stereocenters. The van der Waals surface area contributed by atoms with Crippen molar-refractivity contribution in [2.75, 3.05) is 0 Å². The van der Waals surface area contributed by atoms with Gasteiger partial charge in [0.05, 0.1) is 0 Å². The van der Waals surface area contributed by atoms with Crippen LogP contribution in [0.1, 0.15) is 11.3 Å². The molecule has 2 aromatic carbocycles. The van der Waals surface area contributed by atoms with Gasteiger partial charge in [0.25, 0.3) is 0 Å². The zero-order chi connectivity index (χ0) is 15.7. The maximum absolute atomic E-state index is 13.3. The van der Waals surface area contributed by atoms with Crippen LogP contribution < -0.4 is 4.57 Å². The Kier molecular flexibility index (Phi) is 3.59. The molecule has 0 spiro atoms. The van der Waals surface area contributed by atoms with E-state index in [1.807, 2.05) is 48.0 Å². The van der Waals surface area contributed by atoms with E-state index in [-0.39, 0.29) is 0 Å². The Balaban J connectivity index is 2.01. The van der Waals surface area contributed by atoms with Gasteiger partial charge in [-0.25, -0.2) is 8.78 Å². The number of phenolic OH excluding ortho intramolecular Hbond substituents is 1. The molecule has 3 rings (SSSR count). The van der Waals surface area contributed by atoms with Crippen molar-refractivity contribution in [2.24, 2.45) is 7.05 Å². The summed E-state index contributed by atoms with van der Waals surface area (Å²) in [6.45, 7) is 0. The Bertz CT molecular complexity index is 864. The molecule has 0 fully saturated rings. The predicted molar refractivity (Wildman–Crippen MR) is 82.1 cm³/mol. The van der Waals surface area contributed by atoms with Gasteiger partial charge in [-0.1, -0.05) is 12.1 Å². The summed E-state index contributed by atoms with van der Waals surface area (Å²) >= 11 is 0. The average molecular weight is 298 g/mol. The first-order valence-corrected chi connectivity index (χ1v) is 6.80. The fraction of sp³-hybridized carbons (Fsp3) is 0.0556. The lowest BCUT2D eigenvalue weighted by molar-refractivity contribution is -0.646. The summed E-state index contributed by atoms with van der Waals surface area (Å²) in [5.74, 6) is -2.89. The molecule has 0 aliphatic heterocycles.